The highest BCUT2D eigenvalue weighted by Crippen LogP contribution is 2.18. The maximum absolute atomic E-state index is 8.71. The Labute approximate surface area is 111 Å². The summed E-state index contributed by atoms with van der Waals surface area (Å²) < 4.78 is 1.95. The smallest absolute Gasteiger partial charge is 0.203 e. The fraction of sp³-hybridized carbons (Fsp3) is 0.500. The van der Waals surface area contributed by atoms with Crippen molar-refractivity contribution in [1.82, 2.24) is 24.5 Å². The third-order valence-electron chi connectivity index (χ3n) is 3.44. The molecule has 0 spiro atoms. The van der Waals surface area contributed by atoms with E-state index in [-0.39, 0.29) is 0 Å². The minimum Gasteiger partial charge on any atom is -0.351 e. The molecule has 3 rings (SSSR count). The van der Waals surface area contributed by atoms with E-state index in [9.17, 15) is 0 Å². The summed E-state index contributed by atoms with van der Waals surface area (Å²) >= 11 is 0. The Balaban J connectivity index is 1.84. The van der Waals surface area contributed by atoms with E-state index in [2.05, 4.69) is 31.1 Å². The van der Waals surface area contributed by atoms with Gasteiger partial charge in [0.15, 0.2) is 5.82 Å². The van der Waals surface area contributed by atoms with Crippen molar-refractivity contribution in [2.45, 2.75) is 6.92 Å². The molecule has 0 bridgehead atoms. The summed E-state index contributed by atoms with van der Waals surface area (Å²) in [6.45, 7) is 5.90. The molecule has 3 heterocycles. The zero-order chi connectivity index (χ0) is 13.2. The Morgan fingerprint density at radius 2 is 2.05 bits per heavy atom. The molecule has 0 radical (unpaired) electrons. The third kappa shape index (κ3) is 2.11. The van der Waals surface area contributed by atoms with Gasteiger partial charge in [-0.3, -0.25) is 9.30 Å². The Kier molecular flexibility index (Phi) is 3.01. The maximum atomic E-state index is 8.71. The molecule has 7 heteroatoms. The number of nitrogens with zero attached hydrogens (tertiary/aromatic N) is 7. The maximum Gasteiger partial charge on any atom is 0.203 e. The lowest BCUT2D eigenvalue weighted by atomic mass is 10.3. The highest BCUT2D eigenvalue weighted by atomic mass is 15.3. The van der Waals surface area contributed by atoms with Crippen LogP contribution in [0.3, 0.4) is 0 Å². The Bertz CT molecular complexity index is 619. The van der Waals surface area contributed by atoms with Crippen molar-refractivity contribution in [3.05, 3.63) is 18.2 Å². The van der Waals surface area contributed by atoms with E-state index in [4.69, 9.17) is 5.26 Å². The molecule has 1 saturated heterocycles. The van der Waals surface area contributed by atoms with E-state index < -0.39 is 0 Å². The molecule has 2 aromatic rings. The normalized spacial score (nSPS) is 16.7. The number of rotatable bonds is 2. The first-order chi connectivity index (χ1) is 9.29. The molecule has 1 aliphatic rings. The summed E-state index contributed by atoms with van der Waals surface area (Å²) in [6, 6.07) is 2.19. The molecule has 2 aromatic heterocycles. The predicted octanol–water partition coefficient (Wildman–Crippen LogP) is 0.0783. The second-order valence-electron chi connectivity index (χ2n) is 4.61. The zero-order valence-electron chi connectivity index (χ0n) is 10.8. The van der Waals surface area contributed by atoms with Gasteiger partial charge in [0, 0.05) is 38.6 Å². The number of piperazine rings is 1. The average molecular weight is 257 g/mol. The van der Waals surface area contributed by atoms with Gasteiger partial charge < -0.3 is 4.90 Å². The number of aryl methyl sites for hydroxylation is 1. The van der Waals surface area contributed by atoms with Crippen molar-refractivity contribution in [3.63, 3.8) is 0 Å². The molecular weight excluding hydrogens is 242 g/mol. The number of anilines is 1. The lowest BCUT2D eigenvalue weighted by molar-refractivity contribution is 0.286. The van der Waals surface area contributed by atoms with Gasteiger partial charge >= 0.3 is 0 Å². The van der Waals surface area contributed by atoms with E-state index in [0.717, 1.165) is 43.5 Å². The van der Waals surface area contributed by atoms with E-state index in [1.54, 1.807) is 6.20 Å². The van der Waals surface area contributed by atoms with Crippen LogP contribution in [0.4, 0.5) is 5.82 Å². The second kappa shape index (κ2) is 4.82. The van der Waals surface area contributed by atoms with Gasteiger partial charge in [0.1, 0.15) is 5.82 Å². The lowest BCUT2D eigenvalue weighted by Gasteiger charge is -2.33. The highest BCUT2D eigenvalue weighted by Gasteiger charge is 2.20. The van der Waals surface area contributed by atoms with E-state index in [1.165, 1.54) is 0 Å². The van der Waals surface area contributed by atoms with Crippen molar-refractivity contribution in [2.75, 3.05) is 37.6 Å². The molecule has 0 saturated carbocycles. The molecule has 1 fully saturated rings. The monoisotopic (exact) mass is 257 g/mol. The fourth-order valence-corrected chi connectivity index (χ4v) is 2.37. The topological polar surface area (TPSA) is 73.3 Å². The molecule has 0 unspecified atom stereocenters. The highest BCUT2D eigenvalue weighted by molar-refractivity contribution is 5.63. The van der Waals surface area contributed by atoms with Gasteiger partial charge in [-0.05, 0) is 6.92 Å². The molecule has 0 aliphatic carbocycles. The van der Waals surface area contributed by atoms with Crippen molar-refractivity contribution >= 4 is 11.5 Å². The minimum atomic E-state index is 0.496. The van der Waals surface area contributed by atoms with Crippen LogP contribution < -0.4 is 4.90 Å². The van der Waals surface area contributed by atoms with Gasteiger partial charge in [-0.25, -0.2) is 4.98 Å². The van der Waals surface area contributed by atoms with Gasteiger partial charge in [-0.1, -0.05) is 0 Å². The van der Waals surface area contributed by atoms with Gasteiger partial charge in [-0.15, -0.1) is 10.2 Å². The van der Waals surface area contributed by atoms with Crippen LogP contribution in [0.15, 0.2) is 12.4 Å². The molecule has 19 heavy (non-hydrogen) atoms. The number of aromatic nitrogens is 4. The zero-order valence-corrected chi connectivity index (χ0v) is 10.8. The van der Waals surface area contributed by atoms with Crippen LogP contribution in [0, 0.1) is 18.3 Å². The van der Waals surface area contributed by atoms with E-state index >= 15 is 0 Å². The molecule has 0 amide bonds. The summed E-state index contributed by atoms with van der Waals surface area (Å²) in [5, 5.41) is 17.0. The summed E-state index contributed by atoms with van der Waals surface area (Å²) in [5.74, 6) is 1.74. The van der Waals surface area contributed by atoms with Crippen LogP contribution in [0.25, 0.3) is 5.65 Å². The van der Waals surface area contributed by atoms with Gasteiger partial charge in [-0.2, -0.15) is 5.26 Å². The molecule has 0 aromatic carbocycles. The number of fused-ring (bicyclic) bond motifs is 1. The average Bonchev–Trinajstić information content (AvgIpc) is 2.82. The predicted molar refractivity (Wildman–Crippen MR) is 69.8 cm³/mol. The molecule has 0 N–H and O–H groups in total. The Morgan fingerprint density at radius 3 is 2.79 bits per heavy atom. The number of hydrogen-bond acceptors (Lipinski definition) is 6. The largest absolute Gasteiger partial charge is 0.351 e. The summed E-state index contributed by atoms with van der Waals surface area (Å²) in [4.78, 5) is 8.78. The molecule has 0 atom stereocenters. The second-order valence-corrected chi connectivity index (χ2v) is 4.61. The van der Waals surface area contributed by atoms with Crippen LogP contribution in [0.2, 0.25) is 0 Å². The Hall–Kier alpha value is -2.20. The first-order valence-electron chi connectivity index (χ1n) is 6.30. The van der Waals surface area contributed by atoms with E-state index in [0.29, 0.717) is 6.54 Å². The Morgan fingerprint density at radius 1 is 1.26 bits per heavy atom. The number of hydrogen-bond donors (Lipinski definition) is 0. The van der Waals surface area contributed by atoms with Crippen LogP contribution in [0.1, 0.15) is 5.82 Å². The summed E-state index contributed by atoms with van der Waals surface area (Å²) in [5.41, 5.74) is 0.800. The summed E-state index contributed by atoms with van der Waals surface area (Å²) in [7, 11) is 0. The van der Waals surface area contributed by atoms with Crippen LogP contribution in [-0.4, -0.2) is 57.2 Å². The van der Waals surface area contributed by atoms with Gasteiger partial charge in [0.25, 0.3) is 0 Å². The molecule has 1 aliphatic heterocycles. The van der Waals surface area contributed by atoms with Crippen molar-refractivity contribution in [1.29, 1.82) is 5.26 Å². The van der Waals surface area contributed by atoms with Gasteiger partial charge in [0.2, 0.25) is 5.65 Å². The van der Waals surface area contributed by atoms with Crippen LogP contribution >= 0.6 is 0 Å². The minimum absolute atomic E-state index is 0.496. The van der Waals surface area contributed by atoms with Crippen LogP contribution in [-0.2, 0) is 0 Å². The third-order valence-corrected chi connectivity index (χ3v) is 3.44. The van der Waals surface area contributed by atoms with Crippen molar-refractivity contribution in [3.8, 4) is 6.07 Å². The van der Waals surface area contributed by atoms with Crippen molar-refractivity contribution in [2.24, 2.45) is 0 Å². The molecule has 98 valence electrons. The van der Waals surface area contributed by atoms with Gasteiger partial charge in [0.05, 0.1) is 12.6 Å². The summed E-state index contributed by atoms with van der Waals surface area (Å²) in [6.07, 6.45) is 3.65. The lowest BCUT2D eigenvalue weighted by Crippen LogP contribution is -2.46. The van der Waals surface area contributed by atoms with Crippen molar-refractivity contribution < 1.29 is 0 Å². The fourth-order valence-electron chi connectivity index (χ4n) is 2.37. The first-order valence-corrected chi connectivity index (χ1v) is 6.30. The van der Waals surface area contributed by atoms with Crippen LogP contribution in [0.5, 0.6) is 0 Å². The number of nitriles is 1. The molecular formula is C12H15N7. The van der Waals surface area contributed by atoms with E-state index in [1.807, 2.05) is 17.5 Å². The SMILES string of the molecule is Cc1nnc2c(N3CCN(CC#N)CC3)nccn12. The standard InChI is InChI=1S/C12H15N7/c1-10-15-16-12-11(14-3-5-19(10)12)18-8-6-17(4-2-13)7-9-18/h3,5H,4,6-9H2,1H3. The first kappa shape index (κ1) is 11.9. The molecule has 7 nitrogen and oxygen atoms in total. The quantitative estimate of drug-likeness (QED) is 0.709.